The van der Waals surface area contributed by atoms with E-state index in [-0.39, 0.29) is 18.3 Å². The molecule has 7 heteroatoms. The number of nitrogens with one attached hydrogen (secondary N) is 1. The van der Waals surface area contributed by atoms with Crippen molar-refractivity contribution in [2.45, 2.75) is 13.3 Å². The number of fused-ring (bicyclic) bond motifs is 1. The SMILES string of the molecule is Cc1cc(NC(=O)CN2CCCN(C)c3ccc(F)cc32)no1. The molecule has 1 aromatic carbocycles. The maximum absolute atomic E-state index is 13.6. The van der Waals surface area contributed by atoms with Gasteiger partial charge in [-0.25, -0.2) is 4.39 Å². The van der Waals surface area contributed by atoms with Gasteiger partial charge in [0.15, 0.2) is 5.82 Å². The molecular formula is C16H19FN4O2. The van der Waals surface area contributed by atoms with Crippen LogP contribution in [0.4, 0.5) is 21.6 Å². The normalized spacial score (nSPS) is 14.4. The molecule has 6 nitrogen and oxygen atoms in total. The molecule has 3 rings (SSSR count). The maximum Gasteiger partial charge on any atom is 0.245 e. The van der Waals surface area contributed by atoms with Crippen LogP contribution in [0.2, 0.25) is 0 Å². The second kappa shape index (κ2) is 6.28. The van der Waals surface area contributed by atoms with E-state index in [1.54, 1.807) is 19.1 Å². The van der Waals surface area contributed by atoms with Crippen molar-refractivity contribution in [1.82, 2.24) is 5.16 Å². The average molecular weight is 318 g/mol. The summed E-state index contributed by atoms with van der Waals surface area (Å²) < 4.78 is 18.6. The molecule has 0 saturated heterocycles. The lowest BCUT2D eigenvalue weighted by molar-refractivity contribution is -0.115. The molecular weight excluding hydrogens is 299 g/mol. The molecule has 1 aliphatic heterocycles. The standard InChI is InChI=1S/C16H19FN4O2/c1-11-8-15(19-23-11)18-16(22)10-21-7-3-6-20(2)13-5-4-12(17)9-14(13)21/h4-5,8-9H,3,6-7,10H2,1-2H3,(H,18,19,22). The molecule has 2 heterocycles. The van der Waals surface area contributed by atoms with Gasteiger partial charge in [-0.05, 0) is 31.5 Å². The van der Waals surface area contributed by atoms with Crippen molar-refractivity contribution < 1.29 is 13.7 Å². The summed E-state index contributed by atoms with van der Waals surface area (Å²) in [5.41, 5.74) is 1.66. The van der Waals surface area contributed by atoms with E-state index in [1.807, 2.05) is 11.9 Å². The zero-order chi connectivity index (χ0) is 16.4. The fourth-order valence-electron chi connectivity index (χ4n) is 2.76. The van der Waals surface area contributed by atoms with E-state index in [4.69, 9.17) is 4.52 Å². The summed E-state index contributed by atoms with van der Waals surface area (Å²) >= 11 is 0. The summed E-state index contributed by atoms with van der Waals surface area (Å²) in [5.74, 6) is 0.498. The fraction of sp³-hybridized carbons (Fsp3) is 0.375. The number of hydrogen-bond acceptors (Lipinski definition) is 5. The number of carbonyl (C=O) groups is 1. The summed E-state index contributed by atoms with van der Waals surface area (Å²) in [5, 5.41) is 6.44. The van der Waals surface area contributed by atoms with Crippen molar-refractivity contribution in [3.8, 4) is 0 Å². The Hall–Kier alpha value is -2.57. The number of amides is 1. The molecule has 0 bridgehead atoms. The number of aromatic nitrogens is 1. The highest BCUT2D eigenvalue weighted by Crippen LogP contribution is 2.32. The van der Waals surface area contributed by atoms with E-state index < -0.39 is 0 Å². The van der Waals surface area contributed by atoms with Crippen LogP contribution in [0.1, 0.15) is 12.2 Å². The number of carbonyl (C=O) groups excluding carboxylic acids is 1. The summed E-state index contributed by atoms with van der Waals surface area (Å²) in [6, 6.07) is 6.32. The molecule has 122 valence electrons. The van der Waals surface area contributed by atoms with E-state index in [1.165, 1.54) is 12.1 Å². The number of hydrogen-bond donors (Lipinski definition) is 1. The van der Waals surface area contributed by atoms with Gasteiger partial charge in [-0.3, -0.25) is 4.79 Å². The van der Waals surface area contributed by atoms with Crippen LogP contribution in [-0.2, 0) is 4.79 Å². The molecule has 1 aliphatic rings. The van der Waals surface area contributed by atoms with Crippen LogP contribution in [0.3, 0.4) is 0 Å². The van der Waals surface area contributed by atoms with Crippen molar-refractivity contribution >= 4 is 23.1 Å². The quantitative estimate of drug-likeness (QED) is 0.941. The van der Waals surface area contributed by atoms with Gasteiger partial charge >= 0.3 is 0 Å². The van der Waals surface area contributed by atoms with Crippen LogP contribution in [0.5, 0.6) is 0 Å². The molecule has 0 fully saturated rings. The van der Waals surface area contributed by atoms with Gasteiger partial charge in [-0.1, -0.05) is 5.16 Å². The van der Waals surface area contributed by atoms with Crippen LogP contribution in [0, 0.1) is 12.7 Å². The number of rotatable bonds is 3. The lowest BCUT2D eigenvalue weighted by Gasteiger charge is -2.25. The van der Waals surface area contributed by atoms with Gasteiger partial charge < -0.3 is 19.6 Å². The summed E-state index contributed by atoms with van der Waals surface area (Å²) in [4.78, 5) is 16.2. The van der Waals surface area contributed by atoms with Gasteiger partial charge in [0, 0.05) is 26.2 Å². The molecule has 1 aromatic heterocycles. The van der Waals surface area contributed by atoms with Gasteiger partial charge in [0.05, 0.1) is 17.9 Å². The highest BCUT2D eigenvalue weighted by Gasteiger charge is 2.21. The van der Waals surface area contributed by atoms with Crippen LogP contribution in [0.15, 0.2) is 28.8 Å². The second-order valence-electron chi connectivity index (χ2n) is 5.70. The van der Waals surface area contributed by atoms with Gasteiger partial charge in [-0.15, -0.1) is 0 Å². The highest BCUT2D eigenvalue weighted by atomic mass is 19.1. The zero-order valence-corrected chi connectivity index (χ0v) is 13.2. The average Bonchev–Trinajstić information content (AvgIpc) is 2.84. The fourth-order valence-corrected chi connectivity index (χ4v) is 2.76. The molecule has 23 heavy (non-hydrogen) atoms. The molecule has 0 radical (unpaired) electrons. The van der Waals surface area contributed by atoms with Gasteiger partial charge in [0.25, 0.3) is 0 Å². The number of benzene rings is 1. The van der Waals surface area contributed by atoms with E-state index in [0.717, 1.165) is 24.3 Å². The lowest BCUT2D eigenvalue weighted by Crippen LogP contribution is -2.33. The highest BCUT2D eigenvalue weighted by molar-refractivity contribution is 5.94. The molecule has 0 spiro atoms. The Morgan fingerprint density at radius 1 is 1.35 bits per heavy atom. The van der Waals surface area contributed by atoms with Crippen LogP contribution in [0.25, 0.3) is 0 Å². The van der Waals surface area contributed by atoms with E-state index in [9.17, 15) is 9.18 Å². The number of nitrogens with zero attached hydrogens (tertiary/aromatic N) is 3. The minimum Gasteiger partial charge on any atom is -0.373 e. The molecule has 0 atom stereocenters. The Kier molecular flexibility index (Phi) is 4.18. The van der Waals surface area contributed by atoms with Crippen molar-refractivity contribution in [3.63, 3.8) is 0 Å². The first-order chi connectivity index (χ1) is 11.0. The molecule has 1 amide bonds. The van der Waals surface area contributed by atoms with Crippen molar-refractivity contribution in [2.75, 3.05) is 41.8 Å². The Bertz CT molecular complexity index is 716. The molecule has 0 unspecified atom stereocenters. The van der Waals surface area contributed by atoms with Crippen LogP contribution < -0.4 is 15.1 Å². The Morgan fingerprint density at radius 2 is 2.17 bits per heavy atom. The first-order valence-electron chi connectivity index (χ1n) is 7.52. The summed E-state index contributed by atoms with van der Waals surface area (Å²) in [6.45, 7) is 3.44. The number of anilines is 3. The van der Waals surface area contributed by atoms with E-state index in [0.29, 0.717) is 18.1 Å². The first-order valence-corrected chi connectivity index (χ1v) is 7.52. The maximum atomic E-state index is 13.6. The third-order valence-electron chi connectivity index (χ3n) is 3.84. The second-order valence-corrected chi connectivity index (χ2v) is 5.70. The smallest absolute Gasteiger partial charge is 0.245 e. The van der Waals surface area contributed by atoms with Crippen LogP contribution in [-0.4, -0.2) is 37.7 Å². The monoisotopic (exact) mass is 318 g/mol. The lowest BCUT2D eigenvalue weighted by atomic mass is 10.2. The predicted octanol–water partition coefficient (Wildman–Crippen LogP) is 2.41. The topological polar surface area (TPSA) is 61.6 Å². The first kappa shape index (κ1) is 15.3. The number of aryl methyl sites for hydroxylation is 1. The Morgan fingerprint density at radius 3 is 2.91 bits per heavy atom. The minimum atomic E-state index is -0.309. The molecule has 1 N–H and O–H groups in total. The zero-order valence-electron chi connectivity index (χ0n) is 13.2. The Balaban J connectivity index is 1.78. The third-order valence-corrected chi connectivity index (χ3v) is 3.84. The van der Waals surface area contributed by atoms with Gasteiger partial charge in [0.1, 0.15) is 11.6 Å². The van der Waals surface area contributed by atoms with Crippen molar-refractivity contribution in [1.29, 1.82) is 0 Å². The summed E-state index contributed by atoms with van der Waals surface area (Å²) in [6.07, 6.45) is 0.892. The van der Waals surface area contributed by atoms with E-state index >= 15 is 0 Å². The Labute approximate surface area is 133 Å². The van der Waals surface area contributed by atoms with Crippen molar-refractivity contribution in [2.24, 2.45) is 0 Å². The molecule has 2 aromatic rings. The van der Waals surface area contributed by atoms with Crippen LogP contribution >= 0.6 is 0 Å². The third kappa shape index (κ3) is 3.44. The minimum absolute atomic E-state index is 0.135. The van der Waals surface area contributed by atoms with E-state index in [2.05, 4.69) is 15.4 Å². The van der Waals surface area contributed by atoms with Crippen molar-refractivity contribution in [3.05, 3.63) is 35.8 Å². The number of halogens is 1. The predicted molar refractivity (Wildman–Crippen MR) is 86.4 cm³/mol. The summed E-state index contributed by atoms with van der Waals surface area (Å²) in [7, 11) is 1.97. The molecule has 0 aliphatic carbocycles. The largest absolute Gasteiger partial charge is 0.373 e. The van der Waals surface area contributed by atoms with Gasteiger partial charge in [0.2, 0.25) is 5.91 Å². The molecule has 0 saturated carbocycles. The van der Waals surface area contributed by atoms with Gasteiger partial charge in [-0.2, -0.15) is 0 Å².